The van der Waals surface area contributed by atoms with E-state index in [9.17, 15) is 4.79 Å². The van der Waals surface area contributed by atoms with Crippen LogP contribution in [0.4, 0.5) is 0 Å². The van der Waals surface area contributed by atoms with E-state index >= 15 is 0 Å². The van der Waals surface area contributed by atoms with Crippen LogP contribution in [0.5, 0.6) is 0 Å². The smallest absolute Gasteiger partial charge is 0.334 e. The van der Waals surface area contributed by atoms with Gasteiger partial charge in [-0.2, -0.15) is 0 Å². The molecule has 28 heavy (non-hydrogen) atoms. The van der Waals surface area contributed by atoms with Crippen molar-refractivity contribution >= 4 is 24.7 Å². The van der Waals surface area contributed by atoms with Gasteiger partial charge in [-0.05, 0) is 42.3 Å². The van der Waals surface area contributed by atoms with Crippen LogP contribution in [-0.4, -0.2) is 27.0 Å². The van der Waals surface area contributed by atoms with Gasteiger partial charge in [0.25, 0.3) is 8.32 Å². The Morgan fingerprint density at radius 2 is 1.43 bits per heavy atom. The first-order valence-corrected chi connectivity index (χ1v) is 11.7. The minimum Gasteiger partial charge on any atom is -0.460 e. The van der Waals surface area contributed by atoms with Crippen molar-refractivity contribution < 1.29 is 14.0 Å². The van der Waals surface area contributed by atoms with Gasteiger partial charge in [-0.25, -0.2) is 4.79 Å². The summed E-state index contributed by atoms with van der Waals surface area (Å²) < 4.78 is 12.2. The van der Waals surface area contributed by atoms with Gasteiger partial charge in [0.2, 0.25) is 0 Å². The molecule has 0 amide bonds. The van der Waals surface area contributed by atoms with E-state index in [1.165, 1.54) is 0 Å². The first-order chi connectivity index (χ1) is 13.2. The van der Waals surface area contributed by atoms with E-state index in [-0.39, 0.29) is 17.6 Å². The molecule has 0 heterocycles. The van der Waals surface area contributed by atoms with Crippen LogP contribution in [0.2, 0.25) is 5.04 Å². The fourth-order valence-corrected chi connectivity index (χ4v) is 8.05. The molecule has 0 N–H and O–H groups in total. The Bertz CT molecular complexity index is 748. The maximum absolute atomic E-state index is 12.6. The number of carbonyl (C=O) groups excluding carboxylic acids is 1. The number of allylic oxidation sites excluding steroid dienone is 1. The molecule has 1 atom stereocenters. The molecule has 0 unspecified atom stereocenters. The Kier molecular flexibility index (Phi) is 7.39. The standard InChI is InChI=1S/C24H32O3Si/c1-19(2)17-18-26-23(25)20(3)27-28(24(4,5)6,21-13-9-7-10-14-21)22-15-11-8-12-16-22/h7-17,20H,18H2,1-6H3/t20-/m0/s1. The van der Waals surface area contributed by atoms with Crippen LogP contribution in [0.1, 0.15) is 41.5 Å². The number of benzene rings is 2. The van der Waals surface area contributed by atoms with Crippen LogP contribution >= 0.6 is 0 Å². The second-order valence-electron chi connectivity index (χ2n) is 8.33. The first-order valence-electron chi connectivity index (χ1n) is 9.77. The molecule has 3 nitrogen and oxygen atoms in total. The molecule has 0 saturated heterocycles. The molecule has 0 fully saturated rings. The lowest BCUT2D eigenvalue weighted by molar-refractivity contribution is -0.150. The summed E-state index contributed by atoms with van der Waals surface area (Å²) >= 11 is 0. The van der Waals surface area contributed by atoms with Crippen molar-refractivity contribution in [3.8, 4) is 0 Å². The summed E-state index contributed by atoms with van der Waals surface area (Å²) in [6, 6.07) is 20.6. The second-order valence-corrected chi connectivity index (χ2v) is 12.6. The summed E-state index contributed by atoms with van der Waals surface area (Å²) in [4.78, 5) is 12.6. The van der Waals surface area contributed by atoms with Gasteiger partial charge in [0.05, 0.1) is 0 Å². The summed E-state index contributed by atoms with van der Waals surface area (Å²) in [6.45, 7) is 12.6. The van der Waals surface area contributed by atoms with E-state index in [1.807, 2.05) is 56.3 Å². The van der Waals surface area contributed by atoms with Gasteiger partial charge in [-0.1, -0.05) is 87.0 Å². The number of ether oxygens (including phenoxy) is 1. The molecule has 2 aromatic carbocycles. The molecular weight excluding hydrogens is 364 g/mol. The van der Waals surface area contributed by atoms with E-state index in [4.69, 9.17) is 9.16 Å². The van der Waals surface area contributed by atoms with E-state index < -0.39 is 14.4 Å². The number of carbonyl (C=O) groups is 1. The lowest BCUT2D eigenvalue weighted by atomic mass is 10.2. The third-order valence-corrected chi connectivity index (χ3v) is 9.93. The van der Waals surface area contributed by atoms with Gasteiger partial charge in [-0.15, -0.1) is 0 Å². The van der Waals surface area contributed by atoms with Crippen molar-refractivity contribution in [1.29, 1.82) is 0 Å². The lowest BCUT2D eigenvalue weighted by Crippen LogP contribution is -2.68. The van der Waals surface area contributed by atoms with E-state index in [0.29, 0.717) is 0 Å². The molecule has 2 rings (SSSR count). The predicted molar refractivity (Wildman–Crippen MR) is 119 cm³/mol. The van der Waals surface area contributed by atoms with Crippen molar-refractivity contribution in [2.45, 2.75) is 52.7 Å². The van der Waals surface area contributed by atoms with E-state index in [1.54, 1.807) is 6.92 Å². The van der Waals surface area contributed by atoms with Crippen molar-refractivity contribution in [2.24, 2.45) is 0 Å². The van der Waals surface area contributed by atoms with Crippen molar-refractivity contribution in [3.63, 3.8) is 0 Å². The highest BCUT2D eigenvalue weighted by Crippen LogP contribution is 2.37. The molecule has 0 aromatic heterocycles. The van der Waals surface area contributed by atoms with E-state index in [2.05, 4.69) is 45.0 Å². The summed E-state index contributed by atoms with van der Waals surface area (Å²) in [7, 11) is -2.75. The molecule has 0 aliphatic heterocycles. The molecule has 0 aliphatic carbocycles. The molecule has 2 aromatic rings. The number of rotatable bonds is 7. The fourth-order valence-electron chi connectivity index (χ4n) is 3.41. The minimum atomic E-state index is -2.75. The zero-order valence-corrected chi connectivity index (χ0v) is 18.9. The number of hydrogen-bond acceptors (Lipinski definition) is 3. The molecular formula is C24H32O3Si. The van der Waals surface area contributed by atoms with Gasteiger partial charge in [0, 0.05) is 0 Å². The maximum atomic E-state index is 12.6. The topological polar surface area (TPSA) is 35.5 Å². The molecule has 0 bridgehead atoms. The van der Waals surface area contributed by atoms with Crippen molar-refractivity contribution in [2.75, 3.05) is 6.61 Å². The third kappa shape index (κ3) is 5.00. The molecule has 0 saturated carbocycles. The van der Waals surface area contributed by atoms with Gasteiger partial charge in [0.1, 0.15) is 12.7 Å². The van der Waals surface area contributed by atoms with Crippen molar-refractivity contribution in [1.82, 2.24) is 0 Å². The normalized spacial score (nSPS) is 12.9. The Balaban J connectivity index is 2.47. The zero-order chi connectivity index (χ0) is 20.8. The second kappa shape index (κ2) is 9.35. The van der Waals surface area contributed by atoms with Crippen LogP contribution in [0.3, 0.4) is 0 Å². The summed E-state index contributed by atoms with van der Waals surface area (Å²) in [5.41, 5.74) is 1.12. The SMILES string of the molecule is CC(C)=CCOC(=O)[C@H](C)O[Si](c1ccccc1)(c1ccccc1)C(C)(C)C. The number of esters is 1. The largest absolute Gasteiger partial charge is 0.460 e. The summed E-state index contributed by atoms with van der Waals surface area (Å²) in [5, 5.41) is 2.12. The van der Waals surface area contributed by atoms with Crippen LogP contribution < -0.4 is 10.4 Å². The highest BCUT2D eigenvalue weighted by Gasteiger charge is 2.51. The molecule has 0 spiro atoms. The Morgan fingerprint density at radius 3 is 1.82 bits per heavy atom. The molecule has 0 aliphatic rings. The quantitative estimate of drug-likeness (QED) is 0.394. The zero-order valence-electron chi connectivity index (χ0n) is 17.9. The van der Waals surface area contributed by atoms with E-state index in [0.717, 1.165) is 15.9 Å². The Hall–Kier alpha value is -2.17. The van der Waals surface area contributed by atoms with Crippen LogP contribution in [0.25, 0.3) is 0 Å². The average molecular weight is 397 g/mol. The molecule has 0 radical (unpaired) electrons. The molecule has 150 valence electrons. The molecule has 4 heteroatoms. The third-order valence-electron chi connectivity index (χ3n) is 4.82. The van der Waals surface area contributed by atoms with Crippen molar-refractivity contribution in [3.05, 3.63) is 72.3 Å². The number of hydrogen-bond donors (Lipinski definition) is 0. The van der Waals surface area contributed by atoms with Gasteiger partial charge < -0.3 is 9.16 Å². The summed E-state index contributed by atoms with van der Waals surface area (Å²) in [5.74, 6) is -0.328. The highest BCUT2D eigenvalue weighted by molar-refractivity contribution is 6.99. The minimum absolute atomic E-state index is 0.176. The lowest BCUT2D eigenvalue weighted by Gasteiger charge is -2.44. The first kappa shape index (κ1) is 22.1. The monoisotopic (exact) mass is 396 g/mol. The summed E-state index contributed by atoms with van der Waals surface area (Å²) in [6.07, 6.45) is 1.24. The van der Waals surface area contributed by atoms with Gasteiger partial charge in [0.15, 0.2) is 0 Å². The van der Waals surface area contributed by atoms with Crippen LogP contribution in [-0.2, 0) is 14.0 Å². The van der Waals surface area contributed by atoms with Gasteiger partial charge >= 0.3 is 5.97 Å². The van der Waals surface area contributed by atoms with Gasteiger partial charge in [-0.3, -0.25) is 0 Å². The fraction of sp³-hybridized carbons (Fsp3) is 0.375. The van der Waals surface area contributed by atoms with Crippen LogP contribution in [0.15, 0.2) is 72.3 Å². The Morgan fingerprint density at radius 1 is 0.964 bits per heavy atom. The maximum Gasteiger partial charge on any atom is 0.334 e. The Labute approximate surface area is 170 Å². The highest BCUT2D eigenvalue weighted by atomic mass is 28.4. The predicted octanol–water partition coefficient (Wildman–Crippen LogP) is 4.46. The van der Waals surface area contributed by atoms with Crippen LogP contribution in [0, 0.1) is 0 Å². The average Bonchev–Trinajstić information content (AvgIpc) is 2.66.